The first-order chi connectivity index (χ1) is 10.3. The summed E-state index contributed by atoms with van der Waals surface area (Å²) in [4.78, 5) is 6.95. The summed E-state index contributed by atoms with van der Waals surface area (Å²) in [7, 11) is 3.78. The fraction of sp³-hybridized carbons (Fsp3) is 0.733. The van der Waals surface area contributed by atoms with Crippen LogP contribution in [0.1, 0.15) is 25.0 Å². The van der Waals surface area contributed by atoms with Gasteiger partial charge in [0.1, 0.15) is 0 Å². The third-order valence-corrected chi connectivity index (χ3v) is 4.52. The number of likely N-dealkylation sites (tertiary alicyclic amines) is 1. The highest BCUT2D eigenvalue weighted by Crippen LogP contribution is 2.31. The third-order valence-electron chi connectivity index (χ3n) is 4.52. The van der Waals surface area contributed by atoms with Gasteiger partial charge in [-0.1, -0.05) is 0 Å². The number of nitrogens with one attached hydrogen (secondary N) is 2. The summed E-state index contributed by atoms with van der Waals surface area (Å²) >= 11 is 0. The van der Waals surface area contributed by atoms with Gasteiger partial charge in [0, 0.05) is 39.4 Å². The van der Waals surface area contributed by atoms with Gasteiger partial charge in [-0.05, 0) is 37.8 Å². The molecule has 0 amide bonds. The minimum absolute atomic E-state index is 0.745. The average molecular weight is 290 g/mol. The average Bonchev–Trinajstić information content (AvgIpc) is 3.10. The van der Waals surface area contributed by atoms with E-state index in [-0.39, 0.29) is 0 Å². The SMILES string of the molecule is CN=C(NCc1ccnn1C)NCC1CCN(C2CC2)C1. The highest BCUT2D eigenvalue weighted by Gasteiger charge is 2.34. The fourth-order valence-electron chi connectivity index (χ4n) is 3.01. The van der Waals surface area contributed by atoms with E-state index in [0.717, 1.165) is 36.7 Å². The summed E-state index contributed by atoms with van der Waals surface area (Å²) in [5.41, 5.74) is 1.15. The number of hydrogen-bond donors (Lipinski definition) is 2. The van der Waals surface area contributed by atoms with Crippen molar-refractivity contribution in [3.8, 4) is 0 Å². The van der Waals surface area contributed by atoms with Crippen LogP contribution in [-0.4, -0.2) is 53.4 Å². The number of guanidine groups is 1. The molecule has 1 aliphatic heterocycles. The normalized spacial score (nSPS) is 23.5. The van der Waals surface area contributed by atoms with E-state index in [0.29, 0.717) is 0 Å². The Balaban J connectivity index is 1.39. The number of aliphatic imine (C=N–C) groups is 1. The summed E-state index contributed by atoms with van der Waals surface area (Å²) in [6.07, 6.45) is 5.95. The van der Waals surface area contributed by atoms with Gasteiger partial charge in [-0.2, -0.15) is 5.10 Å². The molecule has 21 heavy (non-hydrogen) atoms. The molecular weight excluding hydrogens is 264 g/mol. The van der Waals surface area contributed by atoms with E-state index < -0.39 is 0 Å². The van der Waals surface area contributed by atoms with Crippen molar-refractivity contribution >= 4 is 5.96 Å². The second-order valence-corrected chi connectivity index (χ2v) is 6.13. The van der Waals surface area contributed by atoms with Gasteiger partial charge in [0.2, 0.25) is 0 Å². The van der Waals surface area contributed by atoms with Crippen molar-refractivity contribution in [1.29, 1.82) is 0 Å². The van der Waals surface area contributed by atoms with Crippen molar-refractivity contribution in [2.24, 2.45) is 18.0 Å². The van der Waals surface area contributed by atoms with Gasteiger partial charge in [-0.3, -0.25) is 9.67 Å². The molecule has 0 radical (unpaired) electrons. The quantitative estimate of drug-likeness (QED) is 0.615. The van der Waals surface area contributed by atoms with Gasteiger partial charge >= 0.3 is 0 Å². The number of aryl methyl sites for hydroxylation is 1. The molecule has 1 unspecified atom stereocenters. The van der Waals surface area contributed by atoms with Gasteiger partial charge in [-0.25, -0.2) is 0 Å². The zero-order chi connectivity index (χ0) is 14.7. The van der Waals surface area contributed by atoms with Crippen molar-refractivity contribution in [2.75, 3.05) is 26.7 Å². The van der Waals surface area contributed by atoms with Crippen molar-refractivity contribution in [2.45, 2.75) is 31.8 Å². The number of hydrogen-bond acceptors (Lipinski definition) is 3. The monoisotopic (exact) mass is 290 g/mol. The standard InChI is InChI=1S/C15H26N6/c1-16-15(18-10-14-5-7-19-20(14)2)17-9-12-6-8-21(11-12)13-3-4-13/h5,7,12-13H,3-4,6,8-11H2,1-2H3,(H2,16,17,18). The third kappa shape index (κ3) is 3.75. The molecule has 116 valence electrons. The van der Waals surface area contributed by atoms with E-state index in [1.807, 2.05) is 31.0 Å². The molecule has 1 aromatic heterocycles. The molecule has 2 aliphatic rings. The van der Waals surface area contributed by atoms with Crippen LogP contribution in [0.3, 0.4) is 0 Å². The number of rotatable bonds is 5. The molecule has 1 aromatic rings. The zero-order valence-corrected chi connectivity index (χ0v) is 13.0. The van der Waals surface area contributed by atoms with Crippen LogP contribution in [0.4, 0.5) is 0 Å². The number of nitrogens with zero attached hydrogens (tertiary/aromatic N) is 4. The maximum Gasteiger partial charge on any atom is 0.191 e. The van der Waals surface area contributed by atoms with Crippen molar-refractivity contribution < 1.29 is 0 Å². The van der Waals surface area contributed by atoms with Gasteiger partial charge < -0.3 is 15.5 Å². The minimum atomic E-state index is 0.745. The molecule has 0 bridgehead atoms. The molecule has 1 aliphatic carbocycles. The molecule has 0 spiro atoms. The first-order valence-electron chi connectivity index (χ1n) is 7.91. The summed E-state index contributed by atoms with van der Waals surface area (Å²) in [5, 5.41) is 11.0. The zero-order valence-electron chi connectivity index (χ0n) is 13.0. The lowest BCUT2D eigenvalue weighted by Gasteiger charge is -2.17. The Hall–Kier alpha value is -1.56. The van der Waals surface area contributed by atoms with E-state index >= 15 is 0 Å². The molecule has 1 saturated heterocycles. The number of aromatic nitrogens is 2. The molecule has 1 saturated carbocycles. The largest absolute Gasteiger partial charge is 0.356 e. The lowest BCUT2D eigenvalue weighted by atomic mass is 10.1. The molecule has 1 atom stereocenters. The molecule has 3 rings (SSSR count). The predicted octanol–water partition coefficient (Wildman–Crippen LogP) is 0.569. The van der Waals surface area contributed by atoms with E-state index in [9.17, 15) is 0 Å². The molecule has 2 fully saturated rings. The van der Waals surface area contributed by atoms with Crippen LogP contribution in [0.5, 0.6) is 0 Å². The highest BCUT2D eigenvalue weighted by atomic mass is 15.3. The van der Waals surface area contributed by atoms with Gasteiger partial charge in [0.25, 0.3) is 0 Å². The van der Waals surface area contributed by atoms with Crippen LogP contribution in [0, 0.1) is 5.92 Å². The van der Waals surface area contributed by atoms with Crippen LogP contribution in [-0.2, 0) is 13.6 Å². The predicted molar refractivity (Wildman–Crippen MR) is 84.1 cm³/mol. The Bertz CT molecular complexity index is 490. The fourth-order valence-corrected chi connectivity index (χ4v) is 3.01. The summed E-state index contributed by atoms with van der Waals surface area (Å²) < 4.78 is 1.88. The van der Waals surface area contributed by atoms with E-state index in [1.165, 1.54) is 32.4 Å². The lowest BCUT2D eigenvalue weighted by molar-refractivity contribution is 0.314. The van der Waals surface area contributed by atoms with Crippen LogP contribution in [0.25, 0.3) is 0 Å². The van der Waals surface area contributed by atoms with Crippen molar-refractivity contribution in [3.05, 3.63) is 18.0 Å². The molecule has 6 nitrogen and oxygen atoms in total. The molecule has 0 aromatic carbocycles. The molecular formula is C15H26N6. The maximum absolute atomic E-state index is 4.30. The van der Waals surface area contributed by atoms with Crippen molar-refractivity contribution in [1.82, 2.24) is 25.3 Å². The second kappa shape index (κ2) is 6.47. The van der Waals surface area contributed by atoms with Gasteiger partial charge in [0.15, 0.2) is 5.96 Å². The topological polar surface area (TPSA) is 57.5 Å². The Morgan fingerprint density at radius 2 is 2.24 bits per heavy atom. The first-order valence-corrected chi connectivity index (χ1v) is 7.91. The maximum atomic E-state index is 4.30. The minimum Gasteiger partial charge on any atom is -0.356 e. The van der Waals surface area contributed by atoms with Crippen molar-refractivity contribution in [3.63, 3.8) is 0 Å². The second-order valence-electron chi connectivity index (χ2n) is 6.13. The molecule has 2 N–H and O–H groups in total. The molecule has 2 heterocycles. The lowest BCUT2D eigenvalue weighted by Crippen LogP contribution is -2.40. The Morgan fingerprint density at radius 3 is 2.90 bits per heavy atom. The van der Waals surface area contributed by atoms with Crippen LogP contribution in [0.2, 0.25) is 0 Å². The van der Waals surface area contributed by atoms with Crippen LogP contribution >= 0.6 is 0 Å². The van der Waals surface area contributed by atoms with Crippen LogP contribution < -0.4 is 10.6 Å². The first kappa shape index (κ1) is 14.4. The summed E-state index contributed by atoms with van der Waals surface area (Å²) in [6.45, 7) is 4.28. The Labute approximate surface area is 126 Å². The Kier molecular flexibility index (Phi) is 4.43. The summed E-state index contributed by atoms with van der Waals surface area (Å²) in [6, 6.07) is 2.92. The molecule has 6 heteroatoms. The van der Waals surface area contributed by atoms with Gasteiger partial charge in [-0.15, -0.1) is 0 Å². The summed E-state index contributed by atoms with van der Waals surface area (Å²) in [5.74, 6) is 1.63. The Morgan fingerprint density at radius 1 is 1.38 bits per heavy atom. The van der Waals surface area contributed by atoms with Crippen LogP contribution in [0.15, 0.2) is 17.3 Å². The highest BCUT2D eigenvalue weighted by molar-refractivity contribution is 5.79. The van der Waals surface area contributed by atoms with Gasteiger partial charge in [0.05, 0.1) is 12.2 Å². The van der Waals surface area contributed by atoms with E-state index in [1.54, 1.807) is 0 Å². The smallest absolute Gasteiger partial charge is 0.191 e. The van der Waals surface area contributed by atoms with E-state index in [2.05, 4.69) is 25.6 Å². The van der Waals surface area contributed by atoms with E-state index in [4.69, 9.17) is 0 Å².